The van der Waals surface area contributed by atoms with E-state index in [9.17, 15) is 9.50 Å². The molecule has 0 aliphatic carbocycles. The van der Waals surface area contributed by atoms with Crippen LogP contribution in [-0.4, -0.2) is 17.2 Å². The zero-order valence-corrected chi connectivity index (χ0v) is 11.4. The van der Waals surface area contributed by atoms with Crippen molar-refractivity contribution in [2.75, 3.05) is 7.11 Å². The predicted molar refractivity (Wildman–Crippen MR) is 72.2 cm³/mol. The lowest BCUT2D eigenvalue weighted by Gasteiger charge is -2.11. The van der Waals surface area contributed by atoms with Gasteiger partial charge in [0.25, 0.3) is 0 Å². The van der Waals surface area contributed by atoms with Gasteiger partial charge in [-0.3, -0.25) is 4.98 Å². The summed E-state index contributed by atoms with van der Waals surface area (Å²) in [5.41, 5.74) is 1.61. The quantitative estimate of drug-likeness (QED) is 0.912. The largest absolute Gasteiger partial charge is 0.494 e. The second-order valence-corrected chi connectivity index (χ2v) is 4.28. The highest BCUT2D eigenvalue weighted by atomic mass is 19.1. The SMILES string of the molecule is COc1cccc(COc2ccc(C)nc2CO)c1F. The van der Waals surface area contributed by atoms with Crippen LogP contribution in [0.3, 0.4) is 0 Å². The first-order valence-electron chi connectivity index (χ1n) is 6.17. The molecule has 1 aromatic heterocycles. The van der Waals surface area contributed by atoms with E-state index in [0.29, 0.717) is 17.0 Å². The van der Waals surface area contributed by atoms with Gasteiger partial charge in [-0.25, -0.2) is 4.39 Å². The summed E-state index contributed by atoms with van der Waals surface area (Å²) in [6, 6.07) is 8.35. The zero-order valence-electron chi connectivity index (χ0n) is 11.4. The molecule has 106 valence electrons. The fraction of sp³-hybridized carbons (Fsp3) is 0.267. The van der Waals surface area contributed by atoms with Gasteiger partial charge in [0.15, 0.2) is 11.6 Å². The van der Waals surface area contributed by atoms with Crippen molar-refractivity contribution in [2.45, 2.75) is 20.1 Å². The van der Waals surface area contributed by atoms with Gasteiger partial charge in [-0.2, -0.15) is 0 Å². The number of hydrogen-bond donors (Lipinski definition) is 1. The number of methoxy groups -OCH3 is 1. The molecule has 0 saturated heterocycles. The maximum absolute atomic E-state index is 14.0. The molecule has 0 bridgehead atoms. The second-order valence-electron chi connectivity index (χ2n) is 4.28. The van der Waals surface area contributed by atoms with Crippen LogP contribution in [0.4, 0.5) is 4.39 Å². The van der Waals surface area contributed by atoms with E-state index in [2.05, 4.69) is 4.98 Å². The molecule has 0 aliphatic rings. The third-order valence-electron chi connectivity index (χ3n) is 2.87. The fourth-order valence-corrected chi connectivity index (χ4v) is 1.82. The topological polar surface area (TPSA) is 51.6 Å². The molecule has 0 radical (unpaired) electrons. The number of halogens is 1. The molecule has 5 heteroatoms. The van der Waals surface area contributed by atoms with Gasteiger partial charge >= 0.3 is 0 Å². The van der Waals surface area contributed by atoms with E-state index in [1.807, 2.05) is 6.92 Å². The van der Waals surface area contributed by atoms with Crippen molar-refractivity contribution >= 4 is 0 Å². The summed E-state index contributed by atoms with van der Waals surface area (Å²) in [6.07, 6.45) is 0. The van der Waals surface area contributed by atoms with Crippen LogP contribution >= 0.6 is 0 Å². The molecule has 4 nitrogen and oxygen atoms in total. The van der Waals surface area contributed by atoms with Crippen molar-refractivity contribution in [3.05, 3.63) is 53.1 Å². The van der Waals surface area contributed by atoms with Gasteiger partial charge < -0.3 is 14.6 Å². The zero-order chi connectivity index (χ0) is 14.5. The molecule has 1 heterocycles. The van der Waals surface area contributed by atoms with Gasteiger partial charge in [-0.15, -0.1) is 0 Å². The predicted octanol–water partition coefficient (Wildman–Crippen LogP) is 2.61. The van der Waals surface area contributed by atoms with E-state index in [0.717, 1.165) is 5.69 Å². The number of aryl methyl sites for hydroxylation is 1. The lowest BCUT2D eigenvalue weighted by Crippen LogP contribution is -2.04. The van der Waals surface area contributed by atoms with Crippen molar-refractivity contribution in [1.29, 1.82) is 0 Å². The summed E-state index contributed by atoms with van der Waals surface area (Å²) in [7, 11) is 1.41. The summed E-state index contributed by atoms with van der Waals surface area (Å²) < 4.78 is 24.4. The summed E-state index contributed by atoms with van der Waals surface area (Å²) in [5, 5.41) is 9.24. The Kier molecular flexibility index (Phi) is 4.53. The van der Waals surface area contributed by atoms with Crippen LogP contribution < -0.4 is 9.47 Å². The molecule has 0 amide bonds. The first-order valence-corrected chi connectivity index (χ1v) is 6.17. The normalized spacial score (nSPS) is 10.4. The third-order valence-corrected chi connectivity index (χ3v) is 2.87. The van der Waals surface area contributed by atoms with Crippen molar-refractivity contribution in [3.63, 3.8) is 0 Å². The number of rotatable bonds is 5. The molecule has 0 fully saturated rings. The lowest BCUT2D eigenvalue weighted by molar-refractivity contribution is 0.251. The molecule has 0 atom stereocenters. The van der Waals surface area contributed by atoms with Crippen molar-refractivity contribution in [3.8, 4) is 11.5 Å². The molecule has 0 saturated carbocycles. The monoisotopic (exact) mass is 277 g/mol. The van der Waals surface area contributed by atoms with Crippen molar-refractivity contribution in [2.24, 2.45) is 0 Å². The molecule has 0 spiro atoms. The van der Waals surface area contributed by atoms with E-state index >= 15 is 0 Å². The summed E-state index contributed by atoms with van der Waals surface area (Å²) in [6.45, 7) is 1.64. The highest BCUT2D eigenvalue weighted by Crippen LogP contribution is 2.23. The average molecular weight is 277 g/mol. The molecular formula is C15H16FNO3. The van der Waals surface area contributed by atoms with Crippen LogP contribution in [-0.2, 0) is 13.2 Å². The van der Waals surface area contributed by atoms with Crippen LogP contribution in [0.25, 0.3) is 0 Å². The highest BCUT2D eigenvalue weighted by Gasteiger charge is 2.10. The Balaban J connectivity index is 2.17. The molecule has 20 heavy (non-hydrogen) atoms. The lowest BCUT2D eigenvalue weighted by atomic mass is 10.2. The molecule has 1 N–H and O–H groups in total. The number of hydrogen-bond acceptors (Lipinski definition) is 4. The van der Waals surface area contributed by atoms with E-state index < -0.39 is 5.82 Å². The van der Waals surface area contributed by atoms with Crippen molar-refractivity contribution < 1.29 is 19.0 Å². The molecular weight excluding hydrogens is 261 g/mol. The number of nitrogens with zero attached hydrogens (tertiary/aromatic N) is 1. The summed E-state index contributed by atoms with van der Waals surface area (Å²) in [5.74, 6) is 0.177. The van der Waals surface area contributed by atoms with Gasteiger partial charge in [-0.05, 0) is 25.1 Å². The first-order chi connectivity index (χ1) is 9.65. The average Bonchev–Trinajstić information content (AvgIpc) is 2.47. The Morgan fingerprint density at radius 3 is 2.70 bits per heavy atom. The Morgan fingerprint density at radius 1 is 1.20 bits per heavy atom. The maximum Gasteiger partial charge on any atom is 0.171 e. The number of pyridine rings is 1. The minimum absolute atomic E-state index is 0.0424. The summed E-state index contributed by atoms with van der Waals surface area (Å²) in [4.78, 5) is 4.17. The van der Waals surface area contributed by atoms with E-state index in [1.165, 1.54) is 7.11 Å². The number of benzene rings is 1. The Labute approximate surface area is 116 Å². The molecule has 2 aromatic rings. The number of aliphatic hydroxyl groups excluding tert-OH is 1. The number of ether oxygens (including phenoxy) is 2. The van der Waals surface area contributed by atoms with Crippen molar-refractivity contribution in [1.82, 2.24) is 4.98 Å². The van der Waals surface area contributed by atoms with Gasteiger partial charge in [0.2, 0.25) is 0 Å². The number of aromatic nitrogens is 1. The Bertz CT molecular complexity index is 602. The molecule has 2 rings (SSSR count). The van der Waals surface area contributed by atoms with Gasteiger partial charge in [0.05, 0.1) is 13.7 Å². The third kappa shape index (κ3) is 3.05. The fourth-order valence-electron chi connectivity index (χ4n) is 1.82. The standard InChI is InChI=1S/C15H16FNO3/c1-10-6-7-13(12(8-18)17-10)20-9-11-4-3-5-14(19-2)15(11)16/h3-7,18H,8-9H2,1-2H3. The summed E-state index contributed by atoms with van der Waals surface area (Å²) >= 11 is 0. The Hall–Kier alpha value is -2.14. The van der Waals surface area contributed by atoms with Gasteiger partial charge in [-0.1, -0.05) is 12.1 Å². The van der Waals surface area contributed by atoms with Gasteiger partial charge in [0.1, 0.15) is 18.1 Å². The smallest absolute Gasteiger partial charge is 0.171 e. The molecule has 1 aromatic carbocycles. The van der Waals surface area contributed by atoms with E-state index in [4.69, 9.17) is 9.47 Å². The maximum atomic E-state index is 14.0. The molecule has 0 unspecified atom stereocenters. The minimum atomic E-state index is -0.444. The van der Waals surface area contributed by atoms with Crippen LogP contribution in [0, 0.1) is 12.7 Å². The van der Waals surface area contributed by atoms with Crippen LogP contribution in [0.5, 0.6) is 11.5 Å². The second kappa shape index (κ2) is 6.34. The van der Waals surface area contributed by atoms with Gasteiger partial charge in [0, 0.05) is 11.3 Å². The van der Waals surface area contributed by atoms with Crippen LogP contribution in [0.1, 0.15) is 17.0 Å². The minimum Gasteiger partial charge on any atom is -0.494 e. The molecule has 0 aliphatic heterocycles. The van der Waals surface area contributed by atoms with E-state index in [1.54, 1.807) is 30.3 Å². The van der Waals surface area contributed by atoms with E-state index in [-0.39, 0.29) is 19.0 Å². The highest BCUT2D eigenvalue weighted by molar-refractivity contribution is 5.32. The Morgan fingerprint density at radius 2 is 2.00 bits per heavy atom. The van der Waals surface area contributed by atoms with Crippen LogP contribution in [0.15, 0.2) is 30.3 Å². The number of aliphatic hydroxyl groups is 1. The van der Waals surface area contributed by atoms with Crippen LogP contribution in [0.2, 0.25) is 0 Å². The first kappa shape index (κ1) is 14.3.